The average Bonchev–Trinajstić information content (AvgIpc) is 2.16. The third-order valence-electron chi connectivity index (χ3n) is 2.09. The van der Waals surface area contributed by atoms with Gasteiger partial charge >= 0.3 is 0 Å². The Morgan fingerprint density at radius 1 is 1.40 bits per heavy atom. The Morgan fingerprint density at radius 3 is 2.53 bits per heavy atom. The molecule has 1 aromatic rings. The van der Waals surface area contributed by atoms with E-state index in [-0.39, 0.29) is 17.4 Å². The fourth-order valence-electron chi connectivity index (χ4n) is 1.45. The number of hydrogen-bond acceptors (Lipinski definition) is 2. The number of alkyl halides is 2. The number of hydrogen-bond donors (Lipinski definition) is 1. The number of ether oxygens (including phenoxy) is 1. The highest BCUT2D eigenvalue weighted by Gasteiger charge is 2.14. The van der Waals surface area contributed by atoms with E-state index >= 15 is 0 Å². The van der Waals surface area contributed by atoms with Crippen molar-refractivity contribution in [1.29, 1.82) is 0 Å². The van der Waals surface area contributed by atoms with Crippen molar-refractivity contribution >= 4 is 0 Å². The molecule has 0 heterocycles. The van der Waals surface area contributed by atoms with Gasteiger partial charge in [-0.25, -0.2) is 8.78 Å². The van der Waals surface area contributed by atoms with Crippen molar-refractivity contribution in [2.24, 2.45) is 5.73 Å². The van der Waals surface area contributed by atoms with Gasteiger partial charge in [-0.3, -0.25) is 0 Å². The lowest BCUT2D eigenvalue weighted by Crippen LogP contribution is -2.17. The molecule has 0 saturated heterocycles. The van der Waals surface area contributed by atoms with E-state index in [4.69, 9.17) is 10.5 Å². The first-order chi connectivity index (χ1) is 7.04. The van der Waals surface area contributed by atoms with Crippen LogP contribution in [0.4, 0.5) is 8.78 Å². The monoisotopic (exact) mass is 215 g/mol. The highest BCUT2D eigenvalue weighted by atomic mass is 19.3. The van der Waals surface area contributed by atoms with Gasteiger partial charge in [0.2, 0.25) is 0 Å². The minimum atomic E-state index is -2.52. The Morgan fingerprint density at radius 2 is 2.07 bits per heavy atom. The Labute approximate surface area is 88.0 Å². The molecule has 0 fully saturated rings. The van der Waals surface area contributed by atoms with Crippen LogP contribution in [0.5, 0.6) is 5.75 Å². The van der Waals surface area contributed by atoms with E-state index in [2.05, 4.69) is 0 Å². The zero-order chi connectivity index (χ0) is 11.4. The van der Waals surface area contributed by atoms with Crippen molar-refractivity contribution in [2.45, 2.75) is 25.8 Å². The highest BCUT2D eigenvalue weighted by molar-refractivity contribution is 5.38. The molecule has 0 amide bonds. The second-order valence-corrected chi connectivity index (χ2v) is 3.56. The molecule has 15 heavy (non-hydrogen) atoms. The van der Waals surface area contributed by atoms with E-state index in [0.717, 1.165) is 5.56 Å². The van der Waals surface area contributed by atoms with Crippen molar-refractivity contribution in [3.8, 4) is 5.75 Å². The van der Waals surface area contributed by atoms with Gasteiger partial charge in [0.1, 0.15) is 5.75 Å². The molecule has 0 saturated carbocycles. The van der Waals surface area contributed by atoms with Gasteiger partial charge in [0, 0.05) is 6.04 Å². The molecule has 0 aromatic heterocycles. The third kappa shape index (κ3) is 3.16. The van der Waals surface area contributed by atoms with Crippen molar-refractivity contribution < 1.29 is 13.5 Å². The van der Waals surface area contributed by atoms with Gasteiger partial charge in [-0.2, -0.15) is 0 Å². The Hall–Kier alpha value is -1.16. The average molecular weight is 215 g/mol. The summed E-state index contributed by atoms with van der Waals surface area (Å²) in [6.45, 7) is 1.84. The lowest BCUT2D eigenvalue weighted by Gasteiger charge is -2.11. The molecule has 0 radical (unpaired) electrons. The summed E-state index contributed by atoms with van der Waals surface area (Å²) in [5, 5.41) is 0. The minimum Gasteiger partial charge on any atom is -0.496 e. The summed E-state index contributed by atoms with van der Waals surface area (Å²) < 4.78 is 30.1. The Bertz CT molecular complexity index is 326. The quantitative estimate of drug-likeness (QED) is 0.837. The Kier molecular flexibility index (Phi) is 4.03. The SMILES string of the molecule is COc1ccc(CC(C)N)cc1C(F)F. The van der Waals surface area contributed by atoms with Crippen LogP contribution in [-0.2, 0) is 6.42 Å². The van der Waals surface area contributed by atoms with Crippen LogP contribution in [0, 0.1) is 0 Å². The molecule has 1 atom stereocenters. The van der Waals surface area contributed by atoms with E-state index in [9.17, 15) is 8.78 Å². The van der Waals surface area contributed by atoms with Crippen molar-refractivity contribution in [1.82, 2.24) is 0 Å². The van der Waals surface area contributed by atoms with Crippen molar-refractivity contribution in [3.63, 3.8) is 0 Å². The number of benzene rings is 1. The predicted molar refractivity (Wildman–Crippen MR) is 55.3 cm³/mol. The lowest BCUT2D eigenvalue weighted by atomic mass is 10.0. The van der Waals surface area contributed by atoms with Crippen LogP contribution in [0.2, 0.25) is 0 Å². The van der Waals surface area contributed by atoms with Crippen LogP contribution >= 0.6 is 0 Å². The van der Waals surface area contributed by atoms with Gasteiger partial charge in [0.15, 0.2) is 0 Å². The van der Waals surface area contributed by atoms with Crippen LogP contribution in [-0.4, -0.2) is 13.2 Å². The van der Waals surface area contributed by atoms with Gasteiger partial charge in [-0.15, -0.1) is 0 Å². The Balaban J connectivity index is 2.99. The maximum Gasteiger partial charge on any atom is 0.267 e. The van der Waals surface area contributed by atoms with E-state index in [1.807, 2.05) is 6.92 Å². The van der Waals surface area contributed by atoms with E-state index in [1.165, 1.54) is 13.2 Å². The van der Waals surface area contributed by atoms with Gasteiger partial charge in [0.05, 0.1) is 12.7 Å². The summed E-state index contributed by atoms with van der Waals surface area (Å²) in [4.78, 5) is 0. The normalized spacial score (nSPS) is 12.9. The molecule has 84 valence electrons. The molecule has 0 aliphatic rings. The first-order valence-corrected chi connectivity index (χ1v) is 4.75. The van der Waals surface area contributed by atoms with Crippen LogP contribution in [0.3, 0.4) is 0 Å². The van der Waals surface area contributed by atoms with Crippen molar-refractivity contribution in [2.75, 3.05) is 7.11 Å². The summed E-state index contributed by atoms with van der Waals surface area (Å²) >= 11 is 0. The van der Waals surface area contributed by atoms with Gasteiger partial charge in [0.25, 0.3) is 6.43 Å². The maximum absolute atomic E-state index is 12.6. The standard InChI is InChI=1S/C11H15F2NO/c1-7(14)5-8-3-4-10(15-2)9(6-8)11(12)13/h3-4,6-7,11H,5,14H2,1-2H3. The fraction of sp³-hybridized carbons (Fsp3) is 0.455. The number of nitrogens with two attached hydrogens (primary N) is 1. The molecule has 4 heteroatoms. The van der Waals surface area contributed by atoms with Gasteiger partial charge < -0.3 is 10.5 Å². The van der Waals surface area contributed by atoms with E-state index in [1.54, 1.807) is 12.1 Å². The molecule has 0 aliphatic carbocycles. The smallest absolute Gasteiger partial charge is 0.267 e. The molecule has 2 nitrogen and oxygen atoms in total. The summed E-state index contributed by atoms with van der Waals surface area (Å²) in [7, 11) is 1.38. The molecule has 2 N–H and O–H groups in total. The molecule has 0 aliphatic heterocycles. The van der Waals surface area contributed by atoms with Crippen LogP contribution in [0.1, 0.15) is 24.5 Å². The summed E-state index contributed by atoms with van der Waals surface area (Å²) in [5.41, 5.74) is 6.34. The molecule has 0 bridgehead atoms. The van der Waals surface area contributed by atoms with Crippen LogP contribution in [0.15, 0.2) is 18.2 Å². The number of rotatable bonds is 4. The van der Waals surface area contributed by atoms with Crippen LogP contribution in [0.25, 0.3) is 0 Å². The summed E-state index contributed by atoms with van der Waals surface area (Å²) in [6, 6.07) is 4.73. The molecule has 0 spiro atoms. The second kappa shape index (κ2) is 5.07. The zero-order valence-corrected chi connectivity index (χ0v) is 8.84. The lowest BCUT2D eigenvalue weighted by molar-refractivity contribution is 0.147. The molecule has 1 rings (SSSR count). The van der Waals surface area contributed by atoms with Gasteiger partial charge in [-0.05, 0) is 31.0 Å². The minimum absolute atomic E-state index is 0.0380. The number of halogens is 2. The van der Waals surface area contributed by atoms with E-state index < -0.39 is 6.43 Å². The predicted octanol–water partition coefficient (Wildman–Crippen LogP) is 2.52. The third-order valence-corrected chi connectivity index (χ3v) is 2.09. The molecule has 1 aromatic carbocycles. The number of methoxy groups -OCH3 is 1. The zero-order valence-electron chi connectivity index (χ0n) is 8.84. The van der Waals surface area contributed by atoms with Gasteiger partial charge in [-0.1, -0.05) is 6.07 Å². The summed E-state index contributed by atoms with van der Waals surface area (Å²) in [6.07, 6.45) is -1.93. The first-order valence-electron chi connectivity index (χ1n) is 4.75. The fourth-order valence-corrected chi connectivity index (χ4v) is 1.45. The van der Waals surface area contributed by atoms with Crippen LogP contribution < -0.4 is 10.5 Å². The first kappa shape index (κ1) is 11.9. The topological polar surface area (TPSA) is 35.2 Å². The second-order valence-electron chi connectivity index (χ2n) is 3.56. The molecular formula is C11H15F2NO. The maximum atomic E-state index is 12.6. The largest absolute Gasteiger partial charge is 0.496 e. The summed E-state index contributed by atoms with van der Waals surface area (Å²) in [5.74, 6) is 0.221. The van der Waals surface area contributed by atoms with E-state index in [0.29, 0.717) is 6.42 Å². The molecular weight excluding hydrogens is 200 g/mol. The highest BCUT2D eigenvalue weighted by Crippen LogP contribution is 2.29. The van der Waals surface area contributed by atoms with Crippen molar-refractivity contribution in [3.05, 3.63) is 29.3 Å². The molecule has 1 unspecified atom stereocenters.